The Hall–Kier alpha value is -2.61. The number of carboxylic acid groups (broad SMARTS) is 1. The van der Waals surface area contributed by atoms with E-state index in [4.69, 9.17) is 11.6 Å². The molecule has 0 spiro atoms. The van der Waals surface area contributed by atoms with E-state index in [-0.39, 0.29) is 17.8 Å². The predicted octanol–water partition coefficient (Wildman–Crippen LogP) is 3.89. The first kappa shape index (κ1) is 18.4. The molecule has 2 bridgehead atoms. The lowest BCUT2D eigenvalue weighted by Crippen LogP contribution is -2.45. The molecule has 9 heteroatoms. The monoisotopic (exact) mass is 415 g/mol. The second-order valence-corrected chi connectivity index (χ2v) is 8.43. The van der Waals surface area contributed by atoms with Crippen molar-refractivity contribution >= 4 is 28.6 Å². The molecule has 0 saturated heterocycles. The third-order valence-corrected chi connectivity index (χ3v) is 6.84. The highest BCUT2D eigenvalue weighted by molar-refractivity contribution is 6.31. The van der Waals surface area contributed by atoms with Gasteiger partial charge in [-0.3, -0.25) is 9.89 Å². The molecule has 3 aromatic heterocycles. The second-order valence-electron chi connectivity index (χ2n) is 8.02. The van der Waals surface area contributed by atoms with Crippen molar-refractivity contribution in [3.8, 4) is 11.5 Å². The normalized spacial score (nSPS) is 26.1. The largest absolute Gasteiger partial charge is 0.481 e. The average molecular weight is 416 g/mol. The molecule has 2 N–H and O–H groups in total. The Morgan fingerprint density at radius 3 is 2.72 bits per heavy atom. The summed E-state index contributed by atoms with van der Waals surface area (Å²) in [6.45, 7) is 0. The predicted molar refractivity (Wildman–Crippen MR) is 104 cm³/mol. The van der Waals surface area contributed by atoms with Crippen molar-refractivity contribution < 1.29 is 14.3 Å². The summed E-state index contributed by atoms with van der Waals surface area (Å²) in [5.41, 5.74) is 1.45. The van der Waals surface area contributed by atoms with Crippen molar-refractivity contribution in [2.75, 3.05) is 0 Å². The van der Waals surface area contributed by atoms with Crippen molar-refractivity contribution in [2.24, 2.45) is 23.7 Å². The first-order valence-electron chi connectivity index (χ1n) is 9.75. The van der Waals surface area contributed by atoms with Gasteiger partial charge in [-0.15, -0.1) is 0 Å². The molecular formula is C20H19ClFN5O2. The topological polar surface area (TPSA) is 105 Å². The Bertz CT molecular complexity index is 1100. The van der Waals surface area contributed by atoms with Gasteiger partial charge in [0.15, 0.2) is 11.5 Å². The number of carboxylic acids is 1. The molecular weight excluding hydrogens is 397 g/mol. The summed E-state index contributed by atoms with van der Waals surface area (Å²) in [6, 6.07) is 1.33. The fourth-order valence-electron chi connectivity index (χ4n) is 5.19. The highest BCUT2D eigenvalue weighted by Crippen LogP contribution is 2.50. The molecule has 29 heavy (non-hydrogen) atoms. The minimum atomic E-state index is -0.726. The summed E-state index contributed by atoms with van der Waals surface area (Å²) in [5, 5.41) is 17.6. The summed E-state index contributed by atoms with van der Waals surface area (Å²) in [5.74, 6) is -0.601. The van der Waals surface area contributed by atoms with E-state index in [1.807, 2.05) is 0 Å². The number of aromatic amines is 1. The molecule has 2 atom stereocenters. The standard InChI is InChI=1S/C20H19ClFN5O2/c21-14-8-24-19(17-13-5-11(22)7-23-18(13)27-26-17)25-15(14)6-12-9-1-3-10(4-2-9)16(12)20(28)29/h5,7-10,12,16H,1-4,6H2,(H,28,29)(H,23,26,27)/t9?,10?,12-,16-/m1/s1. The fraction of sp³-hybridized carbons (Fsp3) is 0.450. The summed E-state index contributed by atoms with van der Waals surface area (Å²) < 4.78 is 13.6. The second kappa shape index (κ2) is 7.02. The zero-order chi connectivity index (χ0) is 20.1. The minimum Gasteiger partial charge on any atom is -0.481 e. The molecule has 0 aromatic carbocycles. The van der Waals surface area contributed by atoms with Crippen LogP contribution in [0.3, 0.4) is 0 Å². The maximum absolute atomic E-state index is 13.6. The Morgan fingerprint density at radius 2 is 1.97 bits per heavy atom. The van der Waals surface area contributed by atoms with Gasteiger partial charge in [-0.2, -0.15) is 5.10 Å². The van der Waals surface area contributed by atoms with E-state index in [2.05, 4.69) is 25.1 Å². The molecule has 150 valence electrons. The molecule has 0 radical (unpaired) electrons. The van der Waals surface area contributed by atoms with Crippen LogP contribution >= 0.6 is 11.6 Å². The van der Waals surface area contributed by atoms with Gasteiger partial charge in [0.05, 0.1) is 28.2 Å². The molecule has 3 aliphatic carbocycles. The summed E-state index contributed by atoms with van der Waals surface area (Å²) in [4.78, 5) is 24.8. The highest BCUT2D eigenvalue weighted by Gasteiger charge is 2.47. The Morgan fingerprint density at radius 1 is 1.21 bits per heavy atom. The molecule has 0 unspecified atom stereocenters. The quantitative estimate of drug-likeness (QED) is 0.669. The molecule has 3 heterocycles. The number of fused-ring (bicyclic) bond motifs is 4. The third kappa shape index (κ3) is 3.15. The van der Waals surface area contributed by atoms with Crippen LogP contribution in [-0.2, 0) is 11.2 Å². The molecule has 3 fully saturated rings. The molecule has 3 aromatic rings. The number of hydrogen-bond acceptors (Lipinski definition) is 5. The Balaban J connectivity index is 1.51. The number of halogens is 2. The van der Waals surface area contributed by atoms with E-state index in [0.717, 1.165) is 31.9 Å². The average Bonchev–Trinajstić information content (AvgIpc) is 3.13. The van der Waals surface area contributed by atoms with Crippen LogP contribution in [0.15, 0.2) is 18.5 Å². The number of rotatable bonds is 4. The minimum absolute atomic E-state index is 0.0119. The number of aromatic nitrogens is 5. The molecule has 0 aliphatic heterocycles. The summed E-state index contributed by atoms with van der Waals surface area (Å²) >= 11 is 6.38. The number of hydrogen-bond donors (Lipinski definition) is 2. The molecule has 7 nitrogen and oxygen atoms in total. The fourth-order valence-corrected chi connectivity index (χ4v) is 5.36. The lowest BCUT2D eigenvalue weighted by atomic mass is 9.57. The van der Waals surface area contributed by atoms with Crippen LogP contribution in [0.1, 0.15) is 31.4 Å². The van der Waals surface area contributed by atoms with Crippen molar-refractivity contribution in [3.63, 3.8) is 0 Å². The number of aliphatic carboxylic acids is 1. The number of H-pyrrole nitrogens is 1. The smallest absolute Gasteiger partial charge is 0.307 e. The van der Waals surface area contributed by atoms with Crippen LogP contribution in [0.5, 0.6) is 0 Å². The zero-order valence-electron chi connectivity index (χ0n) is 15.5. The van der Waals surface area contributed by atoms with E-state index >= 15 is 0 Å². The van der Waals surface area contributed by atoms with Gasteiger partial charge in [0.1, 0.15) is 11.5 Å². The number of nitrogens with one attached hydrogen (secondary N) is 1. The maximum atomic E-state index is 13.6. The van der Waals surface area contributed by atoms with Gasteiger partial charge in [-0.25, -0.2) is 19.3 Å². The Labute approximate surface area is 170 Å². The van der Waals surface area contributed by atoms with Gasteiger partial charge >= 0.3 is 5.97 Å². The lowest BCUT2D eigenvalue weighted by Gasteiger charge is -2.46. The third-order valence-electron chi connectivity index (χ3n) is 6.52. The van der Waals surface area contributed by atoms with Gasteiger partial charge in [0.25, 0.3) is 0 Å². The van der Waals surface area contributed by atoms with Crippen LogP contribution in [0.2, 0.25) is 5.02 Å². The van der Waals surface area contributed by atoms with E-state index in [1.165, 1.54) is 12.3 Å². The van der Waals surface area contributed by atoms with E-state index in [1.54, 1.807) is 0 Å². The molecule has 3 saturated carbocycles. The number of nitrogens with zero attached hydrogens (tertiary/aromatic N) is 4. The number of carbonyl (C=O) groups is 1. The van der Waals surface area contributed by atoms with Crippen molar-refractivity contribution in [1.82, 2.24) is 25.1 Å². The van der Waals surface area contributed by atoms with Crippen LogP contribution in [0.4, 0.5) is 4.39 Å². The van der Waals surface area contributed by atoms with Gasteiger partial charge < -0.3 is 5.11 Å². The van der Waals surface area contributed by atoms with E-state index < -0.39 is 11.8 Å². The maximum Gasteiger partial charge on any atom is 0.307 e. The van der Waals surface area contributed by atoms with Crippen LogP contribution in [0, 0.1) is 29.5 Å². The van der Waals surface area contributed by atoms with Crippen LogP contribution in [0.25, 0.3) is 22.6 Å². The van der Waals surface area contributed by atoms with Gasteiger partial charge in [-0.1, -0.05) is 11.6 Å². The van der Waals surface area contributed by atoms with E-state index in [9.17, 15) is 14.3 Å². The summed E-state index contributed by atoms with van der Waals surface area (Å²) in [7, 11) is 0. The van der Waals surface area contributed by atoms with Crippen LogP contribution < -0.4 is 0 Å². The van der Waals surface area contributed by atoms with Crippen molar-refractivity contribution in [2.45, 2.75) is 32.1 Å². The van der Waals surface area contributed by atoms with Gasteiger partial charge in [0, 0.05) is 6.20 Å². The Kier molecular flexibility index (Phi) is 4.46. The van der Waals surface area contributed by atoms with Gasteiger partial charge in [0.2, 0.25) is 0 Å². The number of pyridine rings is 1. The van der Waals surface area contributed by atoms with Crippen molar-refractivity contribution in [1.29, 1.82) is 0 Å². The summed E-state index contributed by atoms with van der Waals surface area (Å²) in [6.07, 6.45) is 7.20. The zero-order valence-corrected chi connectivity index (χ0v) is 16.2. The molecule has 3 aliphatic rings. The molecule has 6 rings (SSSR count). The van der Waals surface area contributed by atoms with E-state index in [0.29, 0.717) is 45.6 Å². The van der Waals surface area contributed by atoms with Crippen LogP contribution in [-0.4, -0.2) is 36.2 Å². The molecule has 0 amide bonds. The highest BCUT2D eigenvalue weighted by atomic mass is 35.5. The first-order valence-corrected chi connectivity index (χ1v) is 10.1. The first-order chi connectivity index (χ1) is 14.0. The lowest BCUT2D eigenvalue weighted by molar-refractivity contribution is -0.152. The van der Waals surface area contributed by atoms with Crippen molar-refractivity contribution in [3.05, 3.63) is 35.0 Å². The van der Waals surface area contributed by atoms with Gasteiger partial charge in [-0.05, 0) is 55.9 Å². The SMILES string of the molecule is O=C(O)[C@@H]1C2CCC(CC2)[C@H]1Cc1nc(-c2[nH]nc3ncc(F)cc23)ncc1Cl.